The summed E-state index contributed by atoms with van der Waals surface area (Å²) in [7, 11) is 1.77. The molecule has 0 atom stereocenters. The first-order valence-corrected chi connectivity index (χ1v) is 9.57. The molecule has 0 aliphatic rings. The normalized spacial score (nSPS) is 12.4. The zero-order valence-corrected chi connectivity index (χ0v) is 16.7. The van der Waals surface area contributed by atoms with Crippen LogP contribution in [0.2, 0.25) is 0 Å². The number of nitrogens with zero attached hydrogens (tertiary/aromatic N) is 3. The van der Waals surface area contributed by atoms with E-state index in [0.717, 1.165) is 43.2 Å². The molecule has 0 saturated heterocycles. The Morgan fingerprint density at radius 2 is 2.08 bits per heavy atom. The Labute approximate surface area is 154 Å². The summed E-state index contributed by atoms with van der Waals surface area (Å²) < 4.78 is 5.77. The van der Waals surface area contributed by atoms with Crippen LogP contribution >= 0.6 is 11.3 Å². The lowest BCUT2D eigenvalue weighted by Gasteiger charge is -2.13. The number of thiazole rings is 1. The van der Waals surface area contributed by atoms with Crippen molar-refractivity contribution in [3.8, 4) is 0 Å². The summed E-state index contributed by atoms with van der Waals surface area (Å²) in [5.74, 6) is 2.33. The van der Waals surface area contributed by atoms with Crippen molar-refractivity contribution in [2.24, 2.45) is 4.99 Å². The third-order valence-corrected chi connectivity index (χ3v) is 4.73. The number of nitrogens with one attached hydrogen (secondary N) is 2. The summed E-state index contributed by atoms with van der Waals surface area (Å²) in [6.45, 7) is 9.77. The van der Waals surface area contributed by atoms with Crippen LogP contribution in [0.1, 0.15) is 56.0 Å². The Kier molecular flexibility index (Phi) is 6.99. The summed E-state index contributed by atoms with van der Waals surface area (Å²) >= 11 is 1.74. The molecule has 0 spiro atoms. The highest BCUT2D eigenvalue weighted by Crippen LogP contribution is 2.22. The van der Waals surface area contributed by atoms with Gasteiger partial charge in [-0.05, 0) is 26.2 Å². The van der Waals surface area contributed by atoms with E-state index in [-0.39, 0.29) is 5.41 Å². The summed E-state index contributed by atoms with van der Waals surface area (Å²) in [4.78, 5) is 13.0. The minimum Gasteiger partial charge on any atom is -0.443 e. The number of hydrogen-bond acceptors (Lipinski definition) is 5. The summed E-state index contributed by atoms with van der Waals surface area (Å²) in [6.07, 6.45) is 5.03. The van der Waals surface area contributed by atoms with Crippen molar-refractivity contribution in [1.29, 1.82) is 0 Å². The van der Waals surface area contributed by atoms with Crippen LogP contribution < -0.4 is 10.6 Å². The molecule has 0 bridgehead atoms. The fourth-order valence-corrected chi connectivity index (χ4v) is 3.06. The summed E-state index contributed by atoms with van der Waals surface area (Å²) in [5.41, 5.74) is 1.09. The number of aliphatic imine (C=N–C) groups is 1. The third kappa shape index (κ3) is 6.49. The number of aryl methyl sites for hydroxylation is 2. The highest BCUT2D eigenvalue weighted by atomic mass is 32.1. The monoisotopic (exact) mass is 363 g/mol. The van der Waals surface area contributed by atoms with Gasteiger partial charge >= 0.3 is 0 Å². The zero-order valence-electron chi connectivity index (χ0n) is 15.8. The molecule has 0 radical (unpaired) electrons. The van der Waals surface area contributed by atoms with Crippen LogP contribution in [0, 0.1) is 6.92 Å². The average Bonchev–Trinajstić information content (AvgIpc) is 3.18. The van der Waals surface area contributed by atoms with E-state index in [4.69, 9.17) is 4.42 Å². The van der Waals surface area contributed by atoms with Gasteiger partial charge in [0, 0.05) is 30.1 Å². The van der Waals surface area contributed by atoms with Gasteiger partial charge in [0.1, 0.15) is 5.76 Å². The molecular formula is C18H29N5OS. The van der Waals surface area contributed by atoms with Gasteiger partial charge in [0.05, 0.1) is 17.7 Å². The van der Waals surface area contributed by atoms with E-state index in [2.05, 4.69) is 51.7 Å². The number of unbranched alkanes of at least 4 members (excludes halogenated alkanes) is 1. The fraction of sp³-hybridized carbons (Fsp3) is 0.611. The molecule has 6 nitrogen and oxygen atoms in total. The maximum atomic E-state index is 5.77. The smallest absolute Gasteiger partial charge is 0.213 e. The Balaban J connectivity index is 1.66. The van der Waals surface area contributed by atoms with E-state index in [9.17, 15) is 0 Å². The van der Waals surface area contributed by atoms with E-state index in [0.29, 0.717) is 12.4 Å². The first-order chi connectivity index (χ1) is 11.9. The molecule has 25 heavy (non-hydrogen) atoms. The number of rotatable bonds is 7. The van der Waals surface area contributed by atoms with Gasteiger partial charge in [-0.2, -0.15) is 0 Å². The van der Waals surface area contributed by atoms with Crippen LogP contribution in [-0.4, -0.2) is 29.5 Å². The maximum absolute atomic E-state index is 5.77. The standard InChI is InChI=1S/C18H29N5OS/c1-13-12-25-16(23-13)8-6-7-9-20-17(19-5)22-11-15-21-10-14(24-15)18(2,3)4/h10,12H,6-9,11H2,1-5H3,(H2,19,20,22). The molecule has 0 aliphatic carbocycles. The van der Waals surface area contributed by atoms with Crippen LogP contribution in [0.15, 0.2) is 21.0 Å². The first kappa shape index (κ1) is 19.4. The molecule has 138 valence electrons. The minimum atomic E-state index is -0.0267. The summed E-state index contributed by atoms with van der Waals surface area (Å²) in [5, 5.41) is 9.88. The van der Waals surface area contributed by atoms with E-state index in [1.165, 1.54) is 5.01 Å². The lowest BCUT2D eigenvalue weighted by molar-refractivity contribution is 0.379. The van der Waals surface area contributed by atoms with Gasteiger partial charge in [0.25, 0.3) is 0 Å². The minimum absolute atomic E-state index is 0.0267. The molecule has 2 rings (SSSR count). The number of guanidine groups is 1. The van der Waals surface area contributed by atoms with Gasteiger partial charge in [-0.15, -0.1) is 11.3 Å². The van der Waals surface area contributed by atoms with Crippen molar-refractivity contribution in [3.63, 3.8) is 0 Å². The molecule has 0 amide bonds. The van der Waals surface area contributed by atoms with Crippen LogP contribution in [0.3, 0.4) is 0 Å². The van der Waals surface area contributed by atoms with Crippen molar-refractivity contribution < 1.29 is 4.42 Å². The highest BCUT2D eigenvalue weighted by Gasteiger charge is 2.19. The Bertz CT molecular complexity index is 684. The molecular weight excluding hydrogens is 334 g/mol. The topological polar surface area (TPSA) is 75.3 Å². The lowest BCUT2D eigenvalue weighted by atomic mass is 9.94. The van der Waals surface area contributed by atoms with Crippen LogP contribution in [0.4, 0.5) is 0 Å². The van der Waals surface area contributed by atoms with Gasteiger partial charge in [-0.1, -0.05) is 20.8 Å². The van der Waals surface area contributed by atoms with Crippen molar-refractivity contribution in [3.05, 3.63) is 33.9 Å². The quantitative estimate of drug-likeness (QED) is 0.448. The maximum Gasteiger partial charge on any atom is 0.213 e. The van der Waals surface area contributed by atoms with Gasteiger partial charge in [0.15, 0.2) is 5.96 Å². The summed E-state index contributed by atoms with van der Waals surface area (Å²) in [6, 6.07) is 0. The van der Waals surface area contributed by atoms with Crippen LogP contribution in [0.25, 0.3) is 0 Å². The first-order valence-electron chi connectivity index (χ1n) is 8.69. The van der Waals surface area contributed by atoms with E-state index < -0.39 is 0 Å². The zero-order chi connectivity index (χ0) is 18.3. The molecule has 0 fully saturated rings. The highest BCUT2D eigenvalue weighted by molar-refractivity contribution is 7.09. The van der Waals surface area contributed by atoms with E-state index in [1.54, 1.807) is 24.6 Å². The predicted molar refractivity (Wildman–Crippen MR) is 103 cm³/mol. The number of oxazole rings is 1. The van der Waals surface area contributed by atoms with E-state index >= 15 is 0 Å². The molecule has 2 aromatic rings. The second kappa shape index (κ2) is 8.99. The Morgan fingerprint density at radius 3 is 2.68 bits per heavy atom. The largest absolute Gasteiger partial charge is 0.443 e. The average molecular weight is 364 g/mol. The molecule has 0 unspecified atom stereocenters. The number of aromatic nitrogens is 2. The molecule has 0 aliphatic heterocycles. The molecule has 0 saturated carbocycles. The molecule has 2 heterocycles. The van der Waals surface area contributed by atoms with E-state index in [1.807, 2.05) is 6.92 Å². The van der Waals surface area contributed by atoms with Crippen molar-refractivity contribution in [2.75, 3.05) is 13.6 Å². The predicted octanol–water partition coefficient (Wildman–Crippen LogP) is 3.42. The van der Waals surface area contributed by atoms with Crippen LogP contribution in [0.5, 0.6) is 0 Å². The van der Waals surface area contributed by atoms with Crippen molar-refractivity contribution in [2.45, 2.75) is 58.9 Å². The van der Waals surface area contributed by atoms with Gasteiger partial charge in [-0.25, -0.2) is 9.97 Å². The lowest BCUT2D eigenvalue weighted by Crippen LogP contribution is -2.37. The van der Waals surface area contributed by atoms with Gasteiger partial charge in [0.2, 0.25) is 5.89 Å². The molecule has 0 aromatic carbocycles. The second-order valence-electron chi connectivity index (χ2n) is 7.06. The number of hydrogen-bond donors (Lipinski definition) is 2. The van der Waals surface area contributed by atoms with Crippen LogP contribution in [-0.2, 0) is 18.4 Å². The fourth-order valence-electron chi connectivity index (χ4n) is 2.24. The molecule has 2 N–H and O–H groups in total. The van der Waals surface area contributed by atoms with Gasteiger partial charge in [-0.3, -0.25) is 4.99 Å². The van der Waals surface area contributed by atoms with Gasteiger partial charge < -0.3 is 15.1 Å². The second-order valence-corrected chi connectivity index (χ2v) is 8.00. The Hall–Kier alpha value is -1.89. The SMILES string of the molecule is CN=C(NCCCCc1nc(C)cs1)NCc1ncc(C(C)(C)C)o1. The molecule has 7 heteroatoms. The molecule has 2 aromatic heterocycles. The Morgan fingerprint density at radius 1 is 1.28 bits per heavy atom. The van der Waals surface area contributed by atoms with Crippen molar-refractivity contribution in [1.82, 2.24) is 20.6 Å². The third-order valence-electron chi connectivity index (χ3n) is 3.70. The van der Waals surface area contributed by atoms with Crippen molar-refractivity contribution >= 4 is 17.3 Å².